The first-order valence-electron chi connectivity index (χ1n) is 9.44. The monoisotopic (exact) mass is 319 g/mol. The second-order valence-corrected chi connectivity index (χ2v) is 6.53. The van der Waals surface area contributed by atoms with Crippen molar-refractivity contribution in [2.75, 3.05) is 0 Å². The van der Waals surface area contributed by atoms with Crippen LogP contribution < -0.4 is 4.74 Å². The molecular formula is C21H35O2. The van der Waals surface area contributed by atoms with E-state index in [4.69, 9.17) is 4.74 Å². The van der Waals surface area contributed by atoms with Crippen LogP contribution in [-0.4, -0.2) is 17.3 Å². The average molecular weight is 320 g/mol. The van der Waals surface area contributed by atoms with Crippen molar-refractivity contribution in [3.05, 3.63) is 36.8 Å². The molecule has 2 unspecified atom stereocenters. The van der Waals surface area contributed by atoms with Crippen LogP contribution in [0.3, 0.4) is 0 Å². The third-order valence-electron chi connectivity index (χ3n) is 4.30. The molecule has 0 amide bonds. The Morgan fingerprint density at radius 3 is 2.13 bits per heavy atom. The number of unbranched alkanes of at least 4 members (excludes halogenated alkanes) is 6. The number of benzene rings is 1. The summed E-state index contributed by atoms with van der Waals surface area (Å²) in [6.07, 6.45) is 11.2. The summed E-state index contributed by atoms with van der Waals surface area (Å²) in [7, 11) is 0. The molecule has 1 radical (unpaired) electrons. The van der Waals surface area contributed by atoms with E-state index < -0.39 is 6.10 Å². The quantitative estimate of drug-likeness (QED) is 0.471. The van der Waals surface area contributed by atoms with E-state index in [0.717, 1.165) is 31.4 Å². The maximum Gasteiger partial charge on any atom is 0.124 e. The number of rotatable bonds is 13. The van der Waals surface area contributed by atoms with Crippen LogP contribution in [-0.2, 0) is 6.42 Å². The second-order valence-electron chi connectivity index (χ2n) is 6.53. The minimum atomic E-state index is -0.677. The zero-order chi connectivity index (χ0) is 16.9. The van der Waals surface area contributed by atoms with E-state index in [9.17, 15) is 5.11 Å². The van der Waals surface area contributed by atoms with E-state index in [1.807, 2.05) is 12.1 Å². The molecule has 1 rings (SSSR count). The fraction of sp³-hybridized carbons (Fsp3) is 0.667. The molecule has 1 aromatic rings. The first-order chi connectivity index (χ1) is 11.2. The topological polar surface area (TPSA) is 29.5 Å². The molecule has 0 aliphatic heterocycles. The van der Waals surface area contributed by atoms with Crippen LogP contribution in [0.5, 0.6) is 5.75 Å². The van der Waals surface area contributed by atoms with E-state index >= 15 is 0 Å². The second kappa shape index (κ2) is 12.4. The van der Waals surface area contributed by atoms with Crippen LogP contribution >= 0.6 is 0 Å². The first kappa shape index (κ1) is 20.0. The van der Waals surface area contributed by atoms with Crippen LogP contribution in [0, 0.1) is 6.92 Å². The molecule has 2 atom stereocenters. The summed E-state index contributed by atoms with van der Waals surface area (Å²) in [5.74, 6) is 0.834. The Labute approximate surface area is 143 Å². The summed E-state index contributed by atoms with van der Waals surface area (Å²) in [6, 6.07) is 8.34. The molecule has 0 aliphatic carbocycles. The van der Waals surface area contributed by atoms with Gasteiger partial charge < -0.3 is 9.84 Å². The van der Waals surface area contributed by atoms with E-state index in [-0.39, 0.29) is 6.10 Å². The van der Waals surface area contributed by atoms with Gasteiger partial charge in [0.1, 0.15) is 11.9 Å². The Morgan fingerprint density at radius 2 is 1.52 bits per heavy atom. The number of aliphatic hydroxyl groups excluding tert-OH is 1. The third-order valence-corrected chi connectivity index (χ3v) is 4.30. The Balaban J connectivity index is 2.34. The molecule has 0 fully saturated rings. The number of aryl methyl sites for hydroxylation is 1. The van der Waals surface area contributed by atoms with Crippen LogP contribution in [0.4, 0.5) is 0 Å². The van der Waals surface area contributed by atoms with Crippen LogP contribution in [0.1, 0.15) is 77.2 Å². The van der Waals surface area contributed by atoms with Crippen molar-refractivity contribution >= 4 is 0 Å². The molecule has 0 spiro atoms. The lowest BCUT2D eigenvalue weighted by Gasteiger charge is -2.21. The Bertz CT molecular complexity index is 383. The lowest BCUT2D eigenvalue weighted by molar-refractivity contribution is 0.0580. The fourth-order valence-electron chi connectivity index (χ4n) is 2.75. The van der Waals surface area contributed by atoms with Gasteiger partial charge in [-0.2, -0.15) is 0 Å². The van der Waals surface area contributed by atoms with Gasteiger partial charge in [0.05, 0.1) is 6.10 Å². The minimum absolute atomic E-state index is 0.209. The summed E-state index contributed by atoms with van der Waals surface area (Å²) in [5.41, 5.74) is 1.37. The molecule has 1 N–H and O–H groups in total. The van der Waals surface area contributed by atoms with Crippen molar-refractivity contribution in [2.45, 2.75) is 90.3 Å². The zero-order valence-corrected chi connectivity index (χ0v) is 15.1. The minimum Gasteiger partial charge on any atom is -0.488 e. The van der Waals surface area contributed by atoms with Crippen molar-refractivity contribution < 1.29 is 9.84 Å². The molecule has 0 bridgehead atoms. The average Bonchev–Trinajstić information content (AvgIpc) is 2.55. The first-order valence-corrected chi connectivity index (χ1v) is 9.44. The number of hydrogen-bond acceptors (Lipinski definition) is 2. The highest BCUT2D eigenvalue weighted by Gasteiger charge is 2.16. The molecule has 23 heavy (non-hydrogen) atoms. The molecular weight excluding hydrogens is 284 g/mol. The van der Waals surface area contributed by atoms with E-state index in [1.54, 1.807) is 0 Å². The van der Waals surface area contributed by atoms with Crippen molar-refractivity contribution in [1.29, 1.82) is 0 Å². The summed E-state index contributed by atoms with van der Waals surface area (Å²) >= 11 is 0. The van der Waals surface area contributed by atoms with Crippen LogP contribution in [0.15, 0.2) is 24.3 Å². The van der Waals surface area contributed by atoms with Gasteiger partial charge in [0, 0.05) is 0 Å². The van der Waals surface area contributed by atoms with Crippen molar-refractivity contribution in [3.8, 4) is 5.75 Å². The smallest absolute Gasteiger partial charge is 0.124 e. The highest BCUT2D eigenvalue weighted by atomic mass is 16.5. The van der Waals surface area contributed by atoms with Gasteiger partial charge in [-0.3, -0.25) is 0 Å². The maximum absolute atomic E-state index is 9.72. The summed E-state index contributed by atoms with van der Waals surface area (Å²) < 4.78 is 5.89. The van der Waals surface area contributed by atoms with Gasteiger partial charge in [0.15, 0.2) is 0 Å². The van der Waals surface area contributed by atoms with E-state index in [2.05, 4.69) is 32.9 Å². The van der Waals surface area contributed by atoms with Crippen molar-refractivity contribution in [1.82, 2.24) is 0 Å². The molecule has 131 valence electrons. The molecule has 0 heterocycles. The Hall–Kier alpha value is -1.02. The highest BCUT2D eigenvalue weighted by Crippen LogP contribution is 2.19. The van der Waals surface area contributed by atoms with Gasteiger partial charge in [-0.25, -0.2) is 0 Å². The normalized spacial score (nSPS) is 13.7. The molecule has 2 heteroatoms. The summed E-state index contributed by atoms with van der Waals surface area (Å²) in [5, 5.41) is 9.72. The molecule has 2 nitrogen and oxygen atoms in total. The third kappa shape index (κ3) is 9.00. The summed E-state index contributed by atoms with van der Waals surface area (Å²) in [6.45, 7) is 8.10. The van der Waals surface area contributed by atoms with Gasteiger partial charge in [-0.1, -0.05) is 64.5 Å². The van der Waals surface area contributed by atoms with Gasteiger partial charge in [-0.05, 0) is 50.3 Å². The van der Waals surface area contributed by atoms with E-state index in [0.29, 0.717) is 0 Å². The Kier molecular flexibility index (Phi) is 10.8. The van der Waals surface area contributed by atoms with Crippen LogP contribution in [0.2, 0.25) is 0 Å². The molecule has 0 aromatic heterocycles. The van der Waals surface area contributed by atoms with E-state index in [1.165, 1.54) is 44.1 Å². The largest absolute Gasteiger partial charge is 0.488 e. The standard InChI is InChI=1S/C21H35O2/c1-4-6-8-9-10-11-12-19-14-16-20(17-15-19)23-21(18(3)22)13-7-5-2/h14-18,21-22H,3-13H2,1-2H3. The maximum atomic E-state index is 9.72. The molecule has 0 saturated carbocycles. The lowest BCUT2D eigenvalue weighted by Crippen LogP contribution is -2.29. The van der Waals surface area contributed by atoms with Gasteiger partial charge in [0.2, 0.25) is 0 Å². The molecule has 1 aromatic carbocycles. The predicted octanol–water partition coefficient (Wildman–Crippen LogP) is 5.72. The lowest BCUT2D eigenvalue weighted by atomic mass is 10.0. The molecule has 0 saturated heterocycles. The van der Waals surface area contributed by atoms with Gasteiger partial charge in [-0.15, -0.1) is 0 Å². The highest BCUT2D eigenvalue weighted by molar-refractivity contribution is 5.27. The number of aliphatic hydroxyl groups is 1. The predicted molar refractivity (Wildman–Crippen MR) is 98.8 cm³/mol. The van der Waals surface area contributed by atoms with Gasteiger partial charge in [0.25, 0.3) is 0 Å². The Morgan fingerprint density at radius 1 is 0.913 bits per heavy atom. The van der Waals surface area contributed by atoms with Gasteiger partial charge >= 0.3 is 0 Å². The zero-order valence-electron chi connectivity index (χ0n) is 15.1. The summed E-state index contributed by atoms with van der Waals surface area (Å²) in [4.78, 5) is 0. The SMILES string of the molecule is [CH2]C(O)C(CCCC)Oc1ccc(CCCCCCCC)cc1. The molecule has 0 aliphatic rings. The van der Waals surface area contributed by atoms with Crippen LogP contribution in [0.25, 0.3) is 0 Å². The number of ether oxygens (including phenoxy) is 1. The number of hydrogen-bond donors (Lipinski definition) is 1. The van der Waals surface area contributed by atoms with Crippen molar-refractivity contribution in [3.63, 3.8) is 0 Å². The fourth-order valence-corrected chi connectivity index (χ4v) is 2.75. The van der Waals surface area contributed by atoms with Crippen molar-refractivity contribution in [2.24, 2.45) is 0 Å².